The Hall–Kier alpha value is -0.875. The van der Waals surface area contributed by atoms with E-state index in [-0.39, 0.29) is 18.3 Å². The van der Waals surface area contributed by atoms with E-state index in [1.807, 2.05) is 32.4 Å². The molecule has 1 fully saturated rings. The molecule has 1 aliphatic heterocycles. The van der Waals surface area contributed by atoms with E-state index in [1.54, 1.807) is 6.20 Å². The first-order valence-corrected chi connectivity index (χ1v) is 6.47. The van der Waals surface area contributed by atoms with Crippen molar-refractivity contribution in [3.63, 3.8) is 0 Å². The van der Waals surface area contributed by atoms with Crippen molar-refractivity contribution in [2.75, 3.05) is 0 Å². The van der Waals surface area contributed by atoms with Crippen molar-refractivity contribution in [3.05, 3.63) is 6.20 Å². The lowest BCUT2D eigenvalue weighted by atomic mass is 9.85. The van der Waals surface area contributed by atoms with Gasteiger partial charge in [-0.2, -0.15) is 0 Å². The lowest BCUT2D eigenvalue weighted by molar-refractivity contribution is 0.00578. The summed E-state index contributed by atoms with van der Waals surface area (Å²) in [5, 5.41) is 8.07. The summed E-state index contributed by atoms with van der Waals surface area (Å²) in [6.45, 7) is 13.3. The number of rotatable bonds is 3. The van der Waals surface area contributed by atoms with Crippen LogP contribution in [0.4, 0.5) is 0 Å². The molecule has 0 radical (unpaired) electrons. The number of hydrogen-bond acceptors (Lipinski definition) is 4. The molecule has 0 aromatic carbocycles. The molecular formula is C12H22BN3O2. The highest BCUT2D eigenvalue weighted by atomic mass is 16.7. The molecule has 100 valence electrons. The van der Waals surface area contributed by atoms with Crippen LogP contribution in [-0.4, -0.2) is 33.3 Å². The molecule has 5 nitrogen and oxygen atoms in total. The Bertz CT molecular complexity index is 413. The van der Waals surface area contributed by atoms with Crippen molar-refractivity contribution >= 4 is 12.7 Å². The standard InChI is InChI=1S/C12H22BN3O2/c1-9(2)8-16-10(7-14-15-16)13-17-11(3,4)12(5,6)18-13/h7,9H,8H2,1-6H3. The van der Waals surface area contributed by atoms with Gasteiger partial charge in [-0.1, -0.05) is 19.1 Å². The van der Waals surface area contributed by atoms with E-state index in [4.69, 9.17) is 9.31 Å². The summed E-state index contributed by atoms with van der Waals surface area (Å²) in [4.78, 5) is 0. The van der Waals surface area contributed by atoms with Crippen molar-refractivity contribution in [1.82, 2.24) is 15.0 Å². The maximum atomic E-state index is 6.01. The largest absolute Gasteiger partial charge is 0.515 e. The quantitative estimate of drug-likeness (QED) is 0.758. The van der Waals surface area contributed by atoms with Crippen molar-refractivity contribution in [3.8, 4) is 0 Å². The number of nitrogens with zero attached hydrogens (tertiary/aromatic N) is 3. The van der Waals surface area contributed by atoms with Gasteiger partial charge in [0.2, 0.25) is 0 Å². The van der Waals surface area contributed by atoms with Gasteiger partial charge in [-0.05, 0) is 33.6 Å². The van der Waals surface area contributed by atoms with Crippen molar-refractivity contribution < 1.29 is 9.31 Å². The van der Waals surface area contributed by atoms with Crippen LogP contribution in [0.2, 0.25) is 0 Å². The summed E-state index contributed by atoms with van der Waals surface area (Å²) < 4.78 is 13.9. The number of hydrogen-bond donors (Lipinski definition) is 0. The predicted octanol–water partition coefficient (Wildman–Crippen LogP) is 1.23. The Morgan fingerprint density at radius 2 is 1.78 bits per heavy atom. The monoisotopic (exact) mass is 251 g/mol. The van der Waals surface area contributed by atoms with Gasteiger partial charge in [-0.25, -0.2) is 0 Å². The molecule has 2 rings (SSSR count). The van der Waals surface area contributed by atoms with E-state index < -0.39 is 0 Å². The molecule has 0 unspecified atom stereocenters. The SMILES string of the molecule is CC(C)Cn1nncc1B1OC(C)(C)C(C)(C)O1. The van der Waals surface area contributed by atoms with Crippen LogP contribution < -0.4 is 5.59 Å². The van der Waals surface area contributed by atoms with Crippen LogP contribution in [0, 0.1) is 5.92 Å². The third-order valence-electron chi connectivity index (χ3n) is 3.68. The lowest BCUT2D eigenvalue weighted by Crippen LogP contribution is -2.41. The summed E-state index contributed by atoms with van der Waals surface area (Å²) in [5.41, 5.74) is 0.234. The van der Waals surface area contributed by atoms with Gasteiger partial charge < -0.3 is 9.31 Å². The first-order valence-electron chi connectivity index (χ1n) is 6.47. The average molecular weight is 251 g/mol. The zero-order chi connectivity index (χ0) is 13.6. The van der Waals surface area contributed by atoms with Crippen LogP contribution in [0.15, 0.2) is 6.20 Å². The first-order chi connectivity index (χ1) is 8.23. The second-order valence-corrected chi connectivity index (χ2v) is 6.32. The minimum atomic E-state index is -0.385. The van der Waals surface area contributed by atoms with Gasteiger partial charge in [0, 0.05) is 6.54 Å². The molecule has 1 aliphatic rings. The Balaban J connectivity index is 2.22. The topological polar surface area (TPSA) is 49.2 Å². The highest BCUT2D eigenvalue weighted by Gasteiger charge is 2.53. The molecule has 1 aromatic rings. The van der Waals surface area contributed by atoms with Crippen molar-refractivity contribution in [2.45, 2.75) is 59.3 Å². The minimum absolute atomic E-state index is 0.329. The van der Waals surface area contributed by atoms with E-state index in [2.05, 4.69) is 24.2 Å². The molecule has 6 heteroatoms. The highest BCUT2D eigenvalue weighted by molar-refractivity contribution is 6.61. The fraction of sp³-hybridized carbons (Fsp3) is 0.833. The molecule has 0 bridgehead atoms. The Labute approximate surface area is 109 Å². The van der Waals surface area contributed by atoms with Crippen LogP contribution in [0.3, 0.4) is 0 Å². The molecule has 0 aliphatic carbocycles. The van der Waals surface area contributed by atoms with Crippen molar-refractivity contribution in [1.29, 1.82) is 0 Å². The van der Waals surface area contributed by atoms with Gasteiger partial charge >= 0.3 is 7.12 Å². The normalized spacial score (nSPS) is 21.8. The van der Waals surface area contributed by atoms with E-state index in [1.165, 1.54) is 0 Å². The summed E-state index contributed by atoms with van der Waals surface area (Å²) in [7, 11) is -0.385. The molecule has 0 saturated carbocycles. The Morgan fingerprint density at radius 1 is 1.22 bits per heavy atom. The van der Waals surface area contributed by atoms with Crippen LogP contribution in [-0.2, 0) is 15.9 Å². The second-order valence-electron chi connectivity index (χ2n) is 6.32. The van der Waals surface area contributed by atoms with Gasteiger partial charge in [0.15, 0.2) is 0 Å². The zero-order valence-corrected chi connectivity index (χ0v) is 12.1. The van der Waals surface area contributed by atoms with Gasteiger partial charge in [-0.15, -0.1) is 5.10 Å². The van der Waals surface area contributed by atoms with E-state index in [9.17, 15) is 0 Å². The predicted molar refractivity (Wildman–Crippen MR) is 70.6 cm³/mol. The molecule has 2 heterocycles. The molecule has 0 spiro atoms. The van der Waals surface area contributed by atoms with E-state index in [0.717, 1.165) is 12.1 Å². The fourth-order valence-electron chi connectivity index (χ4n) is 1.90. The minimum Gasteiger partial charge on any atom is -0.398 e. The third-order valence-corrected chi connectivity index (χ3v) is 3.68. The molecule has 0 amide bonds. The van der Waals surface area contributed by atoms with Crippen LogP contribution in [0.5, 0.6) is 0 Å². The Kier molecular flexibility index (Phi) is 3.27. The maximum Gasteiger partial charge on any atom is 0.515 e. The second kappa shape index (κ2) is 4.35. The molecule has 0 N–H and O–H groups in total. The Morgan fingerprint density at radius 3 is 2.28 bits per heavy atom. The van der Waals surface area contributed by atoms with Crippen LogP contribution in [0.25, 0.3) is 0 Å². The smallest absolute Gasteiger partial charge is 0.398 e. The first kappa shape index (κ1) is 13.6. The molecule has 18 heavy (non-hydrogen) atoms. The summed E-state index contributed by atoms with van der Waals surface area (Å²) >= 11 is 0. The molecule has 1 saturated heterocycles. The van der Waals surface area contributed by atoms with Gasteiger partial charge in [0.25, 0.3) is 0 Å². The maximum absolute atomic E-state index is 6.01. The van der Waals surface area contributed by atoms with Gasteiger partial charge in [-0.3, -0.25) is 4.68 Å². The summed E-state index contributed by atoms with van der Waals surface area (Å²) in [5.74, 6) is 0.507. The van der Waals surface area contributed by atoms with Crippen LogP contribution >= 0.6 is 0 Å². The molecular weight excluding hydrogens is 229 g/mol. The van der Waals surface area contributed by atoms with Crippen molar-refractivity contribution in [2.24, 2.45) is 5.92 Å². The van der Waals surface area contributed by atoms with Gasteiger partial charge in [0.05, 0.1) is 23.0 Å². The summed E-state index contributed by atoms with van der Waals surface area (Å²) in [6, 6.07) is 0. The average Bonchev–Trinajstić information content (AvgIpc) is 2.69. The van der Waals surface area contributed by atoms with E-state index in [0.29, 0.717) is 5.92 Å². The zero-order valence-electron chi connectivity index (χ0n) is 12.1. The molecule has 1 aromatic heterocycles. The number of aromatic nitrogens is 3. The van der Waals surface area contributed by atoms with E-state index >= 15 is 0 Å². The highest BCUT2D eigenvalue weighted by Crippen LogP contribution is 2.36. The lowest BCUT2D eigenvalue weighted by Gasteiger charge is -2.32. The third kappa shape index (κ3) is 2.31. The van der Waals surface area contributed by atoms with Crippen LogP contribution in [0.1, 0.15) is 41.5 Å². The van der Waals surface area contributed by atoms with Gasteiger partial charge in [0.1, 0.15) is 0 Å². The summed E-state index contributed by atoms with van der Waals surface area (Å²) in [6.07, 6.45) is 1.73. The fourth-order valence-corrected chi connectivity index (χ4v) is 1.90. The molecule has 0 atom stereocenters.